The van der Waals surface area contributed by atoms with E-state index in [1.807, 2.05) is 6.92 Å². The van der Waals surface area contributed by atoms with Gasteiger partial charge >= 0.3 is 0 Å². The Morgan fingerprint density at radius 1 is 1.29 bits per heavy atom. The lowest BCUT2D eigenvalue weighted by Gasteiger charge is -2.60. The molecule has 0 aromatic rings. The van der Waals surface area contributed by atoms with Crippen LogP contribution >= 0.6 is 0 Å². The van der Waals surface area contributed by atoms with E-state index in [1.54, 1.807) is 0 Å². The van der Waals surface area contributed by atoms with Crippen molar-refractivity contribution in [1.82, 2.24) is 0 Å². The van der Waals surface area contributed by atoms with Gasteiger partial charge in [0, 0.05) is 11.3 Å². The van der Waals surface area contributed by atoms with Crippen LogP contribution in [0.4, 0.5) is 0 Å². The molecule has 0 aliphatic heterocycles. The van der Waals surface area contributed by atoms with E-state index in [4.69, 9.17) is 0 Å². The Kier molecular flexibility index (Phi) is 4.71. The number of rotatable bonds is 3. The van der Waals surface area contributed by atoms with Crippen molar-refractivity contribution < 1.29 is 20.4 Å². The first-order valence-electron chi connectivity index (χ1n) is 9.22. The summed E-state index contributed by atoms with van der Waals surface area (Å²) in [4.78, 5) is 0. The molecule has 3 aliphatic carbocycles. The Balaban J connectivity index is 1.94. The molecule has 0 spiro atoms. The Morgan fingerprint density at radius 3 is 2.62 bits per heavy atom. The molecule has 4 nitrogen and oxygen atoms in total. The van der Waals surface area contributed by atoms with E-state index in [9.17, 15) is 20.4 Å². The van der Waals surface area contributed by atoms with Gasteiger partial charge in [-0.25, -0.2) is 0 Å². The van der Waals surface area contributed by atoms with Gasteiger partial charge < -0.3 is 20.4 Å². The maximum Gasteiger partial charge on any atom is 0.0642 e. The van der Waals surface area contributed by atoms with Gasteiger partial charge in [0.05, 0.1) is 25.4 Å². The second kappa shape index (κ2) is 6.24. The highest BCUT2D eigenvalue weighted by molar-refractivity contribution is 5.26. The topological polar surface area (TPSA) is 80.9 Å². The van der Waals surface area contributed by atoms with Crippen molar-refractivity contribution in [3.05, 3.63) is 23.8 Å². The lowest BCUT2D eigenvalue weighted by atomic mass is 9.45. The zero-order chi connectivity index (χ0) is 17.7. The van der Waals surface area contributed by atoms with E-state index < -0.39 is 17.6 Å². The van der Waals surface area contributed by atoms with Crippen molar-refractivity contribution in [2.45, 2.75) is 58.2 Å². The largest absolute Gasteiger partial charge is 0.396 e. The molecule has 2 fully saturated rings. The van der Waals surface area contributed by atoms with Crippen LogP contribution in [0, 0.1) is 28.6 Å². The monoisotopic (exact) mass is 336 g/mol. The average molecular weight is 336 g/mol. The molecule has 0 bridgehead atoms. The van der Waals surface area contributed by atoms with Crippen molar-refractivity contribution in [2.24, 2.45) is 28.6 Å². The van der Waals surface area contributed by atoms with Gasteiger partial charge in [0.25, 0.3) is 0 Å². The SMILES string of the molecule is C=C(CO)[C@H]1CC2=CC[C@@H]3[C@](C)(CO)[C@H](O)CC[C@@]3(C)[C@@H]2C[C@@H]1O. The first-order valence-corrected chi connectivity index (χ1v) is 9.22. The average Bonchev–Trinajstić information content (AvgIpc) is 2.58. The molecule has 3 aliphatic rings. The maximum atomic E-state index is 10.7. The van der Waals surface area contributed by atoms with E-state index in [0.717, 1.165) is 19.3 Å². The van der Waals surface area contributed by atoms with Crippen molar-refractivity contribution >= 4 is 0 Å². The number of hydrogen-bond acceptors (Lipinski definition) is 4. The normalized spacial score (nSPS) is 48.2. The molecule has 0 unspecified atom stereocenters. The van der Waals surface area contributed by atoms with E-state index in [-0.39, 0.29) is 36.4 Å². The minimum atomic E-state index is -0.481. The summed E-state index contributed by atoms with van der Waals surface area (Å²) in [6.45, 7) is 8.14. The van der Waals surface area contributed by atoms with Crippen LogP contribution in [0.25, 0.3) is 0 Å². The third-order valence-corrected chi connectivity index (χ3v) is 7.63. The van der Waals surface area contributed by atoms with Crippen molar-refractivity contribution in [1.29, 1.82) is 0 Å². The van der Waals surface area contributed by atoms with Gasteiger partial charge in [-0.05, 0) is 54.9 Å². The Morgan fingerprint density at radius 2 is 2.00 bits per heavy atom. The highest BCUT2D eigenvalue weighted by Crippen LogP contribution is 2.62. The fourth-order valence-corrected chi connectivity index (χ4v) is 5.92. The number of allylic oxidation sites excluding steroid dienone is 2. The fraction of sp³-hybridized carbons (Fsp3) is 0.800. The molecule has 0 aromatic carbocycles. The molecule has 0 amide bonds. The van der Waals surface area contributed by atoms with Gasteiger partial charge in [-0.3, -0.25) is 0 Å². The highest BCUT2D eigenvalue weighted by atomic mass is 16.3. The lowest BCUT2D eigenvalue weighted by Crippen LogP contribution is -2.58. The van der Waals surface area contributed by atoms with Gasteiger partial charge in [0.2, 0.25) is 0 Å². The first-order chi connectivity index (χ1) is 11.3. The highest BCUT2D eigenvalue weighted by Gasteiger charge is 2.58. The maximum absolute atomic E-state index is 10.7. The van der Waals surface area contributed by atoms with E-state index in [2.05, 4.69) is 19.6 Å². The van der Waals surface area contributed by atoms with Gasteiger partial charge in [0.1, 0.15) is 0 Å². The zero-order valence-corrected chi connectivity index (χ0v) is 14.9. The van der Waals surface area contributed by atoms with Crippen LogP contribution in [0.3, 0.4) is 0 Å². The minimum Gasteiger partial charge on any atom is -0.396 e. The molecule has 24 heavy (non-hydrogen) atoms. The second-order valence-corrected chi connectivity index (χ2v) is 8.77. The van der Waals surface area contributed by atoms with Crippen LogP contribution in [-0.2, 0) is 0 Å². The minimum absolute atomic E-state index is 0.00316. The van der Waals surface area contributed by atoms with E-state index in [1.165, 1.54) is 5.57 Å². The molecule has 3 rings (SSSR count). The quantitative estimate of drug-likeness (QED) is 0.595. The van der Waals surface area contributed by atoms with Gasteiger partial charge in [-0.1, -0.05) is 32.1 Å². The lowest BCUT2D eigenvalue weighted by molar-refractivity contribution is -0.151. The molecule has 2 saturated carbocycles. The summed E-state index contributed by atoms with van der Waals surface area (Å²) in [7, 11) is 0. The van der Waals surface area contributed by atoms with Crippen LogP contribution in [-0.4, -0.2) is 45.8 Å². The predicted octanol–water partition coefficient (Wildman–Crippen LogP) is 2.03. The van der Waals surface area contributed by atoms with Gasteiger partial charge in [-0.15, -0.1) is 0 Å². The smallest absolute Gasteiger partial charge is 0.0642 e. The summed E-state index contributed by atoms with van der Waals surface area (Å²) in [5, 5.41) is 40.5. The Labute approximate surface area is 144 Å². The summed E-state index contributed by atoms with van der Waals surface area (Å²) in [5.41, 5.74) is 1.60. The number of aliphatic hydroxyl groups excluding tert-OH is 4. The zero-order valence-electron chi connectivity index (χ0n) is 14.9. The first kappa shape index (κ1) is 18.1. The fourth-order valence-electron chi connectivity index (χ4n) is 5.92. The standard InChI is InChI=1S/C20H32O4/c1-12(10-21)14-8-13-4-5-17-19(2,15(13)9-16(14)23)7-6-18(24)20(17,3)11-22/h4,14-18,21-24H,1,5-11H2,2-3H3/t14-,15-,16+,17+,18-,19+,20+/m1/s1. The number of aliphatic hydroxyl groups is 4. The number of fused-ring (bicyclic) bond motifs is 3. The van der Waals surface area contributed by atoms with Crippen LogP contribution in [0.1, 0.15) is 46.0 Å². The number of hydrogen-bond donors (Lipinski definition) is 4. The van der Waals surface area contributed by atoms with Crippen molar-refractivity contribution in [2.75, 3.05) is 13.2 Å². The third-order valence-electron chi connectivity index (χ3n) is 7.63. The summed E-state index contributed by atoms with van der Waals surface area (Å²) in [6.07, 6.45) is 5.27. The summed E-state index contributed by atoms with van der Waals surface area (Å²) < 4.78 is 0. The van der Waals surface area contributed by atoms with Crippen molar-refractivity contribution in [3.8, 4) is 0 Å². The van der Waals surface area contributed by atoms with Crippen LogP contribution in [0.15, 0.2) is 23.8 Å². The summed E-state index contributed by atoms with van der Waals surface area (Å²) >= 11 is 0. The van der Waals surface area contributed by atoms with Crippen molar-refractivity contribution in [3.63, 3.8) is 0 Å². The molecule has 0 heterocycles. The molecular formula is C20H32O4. The van der Waals surface area contributed by atoms with Crippen LogP contribution in [0.2, 0.25) is 0 Å². The molecule has 0 saturated heterocycles. The van der Waals surface area contributed by atoms with E-state index >= 15 is 0 Å². The molecule has 136 valence electrons. The second-order valence-electron chi connectivity index (χ2n) is 8.77. The molecule has 0 aromatic heterocycles. The van der Waals surface area contributed by atoms with Crippen LogP contribution in [0.5, 0.6) is 0 Å². The molecular weight excluding hydrogens is 304 g/mol. The molecule has 7 atom stereocenters. The van der Waals surface area contributed by atoms with Gasteiger partial charge in [-0.2, -0.15) is 0 Å². The van der Waals surface area contributed by atoms with E-state index in [0.29, 0.717) is 18.4 Å². The molecule has 4 N–H and O–H groups in total. The van der Waals surface area contributed by atoms with Gasteiger partial charge in [0.15, 0.2) is 0 Å². The molecule has 0 radical (unpaired) electrons. The van der Waals surface area contributed by atoms with Crippen LogP contribution < -0.4 is 0 Å². The summed E-state index contributed by atoms with van der Waals surface area (Å²) in [5.74, 6) is 0.445. The molecule has 4 heteroatoms. The predicted molar refractivity (Wildman–Crippen MR) is 93.2 cm³/mol. The third kappa shape index (κ3) is 2.50. The summed E-state index contributed by atoms with van der Waals surface area (Å²) in [6, 6.07) is 0. The Hall–Kier alpha value is -0.680. The Bertz CT molecular complexity index is 542.